The Morgan fingerprint density at radius 1 is 0.938 bits per heavy atom. The standard InChI is InChI=1S/C27H32N4O/c1-5-31-24-18-19(2)8-9-23(24)30-12-6-7-25(30)27(31)10-13-29(14-11-27)26(32)28-22-16-20(3)15-21(4)17-22/h6-9,12,15-18H,5,10-11,13-14H2,1-4H3,(H,28,32). The van der Waals surface area contributed by atoms with Crippen molar-refractivity contribution in [2.24, 2.45) is 0 Å². The number of anilines is 2. The number of carbonyl (C=O) groups is 1. The molecule has 2 aromatic carbocycles. The second kappa shape index (κ2) is 7.73. The maximum absolute atomic E-state index is 13.0. The molecule has 0 bridgehead atoms. The summed E-state index contributed by atoms with van der Waals surface area (Å²) in [6.07, 6.45) is 4.01. The Morgan fingerprint density at radius 3 is 2.34 bits per heavy atom. The third-order valence-electron chi connectivity index (χ3n) is 7.09. The Hall–Kier alpha value is -3.21. The minimum Gasteiger partial charge on any atom is -0.359 e. The Labute approximate surface area is 190 Å². The first-order valence-corrected chi connectivity index (χ1v) is 11.6. The van der Waals surface area contributed by atoms with Gasteiger partial charge in [-0.05, 0) is 93.6 Å². The minimum atomic E-state index is -0.0876. The largest absolute Gasteiger partial charge is 0.359 e. The number of hydrogen-bond acceptors (Lipinski definition) is 2. The lowest BCUT2D eigenvalue weighted by molar-refractivity contribution is 0.161. The topological polar surface area (TPSA) is 40.5 Å². The zero-order valence-corrected chi connectivity index (χ0v) is 19.5. The summed E-state index contributed by atoms with van der Waals surface area (Å²) in [5, 5.41) is 3.12. The first kappa shape index (κ1) is 20.7. The molecule has 2 aliphatic heterocycles. The lowest BCUT2D eigenvalue weighted by Crippen LogP contribution is -2.57. The van der Waals surface area contributed by atoms with Gasteiger partial charge in [-0.3, -0.25) is 0 Å². The molecular formula is C27H32N4O. The fourth-order valence-corrected chi connectivity index (χ4v) is 5.72. The van der Waals surface area contributed by atoms with E-state index in [4.69, 9.17) is 0 Å². The number of urea groups is 1. The number of benzene rings is 2. The summed E-state index contributed by atoms with van der Waals surface area (Å²) in [6, 6.07) is 17.3. The Kier molecular flexibility index (Phi) is 5.00. The van der Waals surface area contributed by atoms with Crippen LogP contribution >= 0.6 is 0 Å². The van der Waals surface area contributed by atoms with Gasteiger partial charge in [0.05, 0.1) is 16.9 Å². The molecule has 0 saturated carbocycles. The van der Waals surface area contributed by atoms with Crippen LogP contribution in [-0.2, 0) is 5.54 Å². The van der Waals surface area contributed by atoms with E-state index in [0.717, 1.165) is 49.3 Å². The second-order valence-corrected chi connectivity index (χ2v) is 9.33. The van der Waals surface area contributed by atoms with Crippen molar-refractivity contribution in [3.8, 4) is 5.69 Å². The van der Waals surface area contributed by atoms with Crippen LogP contribution < -0.4 is 10.2 Å². The van der Waals surface area contributed by atoms with Gasteiger partial charge >= 0.3 is 6.03 Å². The molecule has 1 N–H and O–H groups in total. The van der Waals surface area contributed by atoms with E-state index in [1.165, 1.54) is 22.6 Å². The van der Waals surface area contributed by atoms with Gasteiger partial charge in [-0.15, -0.1) is 0 Å². The lowest BCUT2D eigenvalue weighted by atomic mass is 9.80. The average molecular weight is 429 g/mol. The van der Waals surface area contributed by atoms with Crippen molar-refractivity contribution in [1.29, 1.82) is 0 Å². The van der Waals surface area contributed by atoms with Crippen LogP contribution in [0, 0.1) is 20.8 Å². The summed E-state index contributed by atoms with van der Waals surface area (Å²) < 4.78 is 2.35. The van der Waals surface area contributed by atoms with E-state index in [9.17, 15) is 4.79 Å². The highest BCUT2D eigenvalue weighted by atomic mass is 16.2. The van der Waals surface area contributed by atoms with Crippen molar-refractivity contribution in [2.45, 2.75) is 46.1 Å². The van der Waals surface area contributed by atoms with E-state index in [0.29, 0.717) is 0 Å². The van der Waals surface area contributed by atoms with Crippen LogP contribution in [-0.4, -0.2) is 35.1 Å². The fourth-order valence-electron chi connectivity index (χ4n) is 5.72. The summed E-state index contributed by atoms with van der Waals surface area (Å²) >= 11 is 0. The second-order valence-electron chi connectivity index (χ2n) is 9.33. The van der Waals surface area contributed by atoms with Crippen molar-refractivity contribution in [1.82, 2.24) is 9.47 Å². The number of fused-ring (bicyclic) bond motifs is 4. The van der Waals surface area contributed by atoms with Gasteiger partial charge in [0.2, 0.25) is 0 Å². The SMILES string of the molecule is CCN1c2cc(C)ccc2-n2cccc2C12CCN(C(=O)Nc1cc(C)cc(C)c1)CC2. The first-order chi connectivity index (χ1) is 15.4. The molecule has 3 heterocycles. The van der Waals surface area contributed by atoms with Crippen molar-refractivity contribution in [3.05, 3.63) is 77.1 Å². The molecule has 5 heteroatoms. The van der Waals surface area contributed by atoms with E-state index in [-0.39, 0.29) is 11.6 Å². The number of piperidine rings is 1. The summed E-state index contributed by atoms with van der Waals surface area (Å²) in [4.78, 5) is 17.6. The molecule has 3 aromatic rings. The van der Waals surface area contributed by atoms with E-state index < -0.39 is 0 Å². The molecule has 1 saturated heterocycles. The average Bonchev–Trinajstić information content (AvgIpc) is 3.24. The van der Waals surface area contributed by atoms with Crippen molar-refractivity contribution in [3.63, 3.8) is 0 Å². The molecule has 166 valence electrons. The third kappa shape index (κ3) is 3.27. The fraction of sp³-hybridized carbons (Fsp3) is 0.370. The summed E-state index contributed by atoms with van der Waals surface area (Å²) in [7, 11) is 0. The molecular weight excluding hydrogens is 396 g/mol. The monoisotopic (exact) mass is 428 g/mol. The van der Waals surface area contributed by atoms with Gasteiger partial charge in [0, 0.05) is 37.2 Å². The zero-order chi connectivity index (χ0) is 22.5. The highest BCUT2D eigenvalue weighted by Gasteiger charge is 2.46. The van der Waals surface area contributed by atoms with Crippen LogP contribution in [0.2, 0.25) is 0 Å². The van der Waals surface area contributed by atoms with E-state index >= 15 is 0 Å². The van der Waals surface area contributed by atoms with Gasteiger partial charge in [-0.2, -0.15) is 0 Å². The first-order valence-electron chi connectivity index (χ1n) is 11.6. The Balaban J connectivity index is 1.41. The molecule has 2 amide bonds. The highest BCUT2D eigenvalue weighted by molar-refractivity contribution is 5.89. The molecule has 0 radical (unpaired) electrons. The number of amides is 2. The van der Waals surface area contributed by atoms with Crippen molar-refractivity contribution in [2.75, 3.05) is 29.9 Å². The van der Waals surface area contributed by atoms with Gasteiger partial charge in [0.15, 0.2) is 0 Å². The molecule has 2 aliphatic rings. The van der Waals surface area contributed by atoms with Gasteiger partial charge < -0.3 is 19.7 Å². The molecule has 1 aromatic heterocycles. The molecule has 5 nitrogen and oxygen atoms in total. The number of aromatic nitrogens is 1. The summed E-state index contributed by atoms with van der Waals surface area (Å²) in [5.41, 5.74) is 8.27. The zero-order valence-electron chi connectivity index (χ0n) is 19.5. The number of likely N-dealkylation sites (tertiary alicyclic amines) is 1. The maximum atomic E-state index is 13.0. The van der Waals surface area contributed by atoms with Gasteiger partial charge in [-0.25, -0.2) is 4.79 Å². The third-order valence-corrected chi connectivity index (χ3v) is 7.09. The number of nitrogens with one attached hydrogen (secondary N) is 1. The van der Waals surface area contributed by atoms with Crippen LogP contribution in [0.1, 0.15) is 42.1 Å². The predicted octanol–water partition coefficient (Wildman–Crippen LogP) is 5.77. The Morgan fingerprint density at radius 2 is 1.66 bits per heavy atom. The molecule has 1 spiro atoms. The van der Waals surface area contributed by atoms with Gasteiger partial charge in [-0.1, -0.05) is 12.1 Å². The smallest absolute Gasteiger partial charge is 0.321 e. The minimum absolute atomic E-state index is 0.00432. The quantitative estimate of drug-likeness (QED) is 0.563. The summed E-state index contributed by atoms with van der Waals surface area (Å²) in [5.74, 6) is 0. The molecule has 1 fully saturated rings. The Bertz CT molecular complexity index is 1150. The number of carbonyl (C=O) groups excluding carboxylic acids is 1. The highest BCUT2D eigenvalue weighted by Crippen LogP contribution is 2.48. The summed E-state index contributed by atoms with van der Waals surface area (Å²) in [6.45, 7) is 10.9. The number of nitrogens with zero attached hydrogens (tertiary/aromatic N) is 3. The lowest BCUT2D eigenvalue weighted by Gasteiger charge is -2.53. The van der Waals surface area contributed by atoms with Crippen LogP contribution in [0.4, 0.5) is 16.2 Å². The van der Waals surface area contributed by atoms with Crippen LogP contribution in [0.15, 0.2) is 54.7 Å². The molecule has 32 heavy (non-hydrogen) atoms. The predicted molar refractivity (Wildman–Crippen MR) is 131 cm³/mol. The molecule has 0 atom stereocenters. The maximum Gasteiger partial charge on any atom is 0.321 e. The number of hydrogen-bond donors (Lipinski definition) is 1. The van der Waals surface area contributed by atoms with E-state index in [2.05, 4.69) is 85.1 Å². The number of rotatable bonds is 2. The molecule has 0 aliphatic carbocycles. The van der Waals surface area contributed by atoms with Crippen LogP contribution in [0.5, 0.6) is 0 Å². The van der Waals surface area contributed by atoms with Crippen LogP contribution in [0.25, 0.3) is 5.69 Å². The van der Waals surface area contributed by atoms with Crippen LogP contribution in [0.3, 0.4) is 0 Å². The van der Waals surface area contributed by atoms with Crippen molar-refractivity contribution >= 4 is 17.4 Å². The van der Waals surface area contributed by atoms with Gasteiger partial charge in [0.1, 0.15) is 0 Å². The molecule has 5 rings (SSSR count). The van der Waals surface area contributed by atoms with E-state index in [1.807, 2.05) is 17.0 Å². The number of aryl methyl sites for hydroxylation is 3. The molecule has 0 unspecified atom stereocenters. The van der Waals surface area contributed by atoms with Crippen molar-refractivity contribution < 1.29 is 4.79 Å². The normalized spacial score (nSPS) is 16.6. The van der Waals surface area contributed by atoms with E-state index in [1.54, 1.807) is 0 Å². The van der Waals surface area contributed by atoms with Gasteiger partial charge in [0.25, 0.3) is 0 Å².